The zero-order chi connectivity index (χ0) is 15.6. The Hall–Kier alpha value is -2.48. The number of nitrogens with one attached hydrogen (secondary N) is 2. The third-order valence-corrected chi connectivity index (χ3v) is 4.59. The molecule has 1 fully saturated rings. The van der Waals surface area contributed by atoms with Gasteiger partial charge in [0, 0.05) is 12.5 Å². The van der Waals surface area contributed by atoms with E-state index in [4.69, 9.17) is 0 Å². The quantitative estimate of drug-likeness (QED) is 0.751. The van der Waals surface area contributed by atoms with Crippen LogP contribution in [0.15, 0.2) is 30.3 Å². The number of benzene rings is 1. The van der Waals surface area contributed by atoms with Crippen LogP contribution in [0.2, 0.25) is 0 Å². The standard InChI is InChI=1S/C15H16N6OS/c22-14(16-8-10-4-2-1-3-5-10)17-9-12-20-21-13(11-6-7-11)18-19-15(21)23-12/h1-5,11H,6-9H2,(H2,16,17,22). The van der Waals surface area contributed by atoms with Crippen LogP contribution in [0.1, 0.15) is 35.2 Å². The molecule has 1 saturated carbocycles. The van der Waals surface area contributed by atoms with Crippen molar-refractivity contribution in [1.82, 2.24) is 30.4 Å². The van der Waals surface area contributed by atoms with E-state index in [0.717, 1.165) is 34.2 Å². The van der Waals surface area contributed by atoms with Crippen molar-refractivity contribution in [3.05, 3.63) is 46.7 Å². The van der Waals surface area contributed by atoms with Crippen LogP contribution in [0, 0.1) is 0 Å². The molecule has 7 nitrogen and oxygen atoms in total. The number of carbonyl (C=O) groups is 1. The number of amides is 2. The second kappa shape index (κ2) is 5.96. The highest BCUT2D eigenvalue weighted by Crippen LogP contribution is 2.39. The molecular formula is C15H16N6OS. The Morgan fingerprint density at radius 3 is 2.74 bits per heavy atom. The van der Waals surface area contributed by atoms with Gasteiger partial charge in [0.25, 0.3) is 0 Å². The van der Waals surface area contributed by atoms with E-state index in [1.165, 1.54) is 11.3 Å². The molecule has 3 aromatic rings. The summed E-state index contributed by atoms with van der Waals surface area (Å²) in [5.41, 5.74) is 1.07. The molecule has 0 saturated heterocycles. The average molecular weight is 328 g/mol. The highest BCUT2D eigenvalue weighted by atomic mass is 32.1. The molecule has 23 heavy (non-hydrogen) atoms. The van der Waals surface area contributed by atoms with Crippen LogP contribution in [0.4, 0.5) is 4.79 Å². The fourth-order valence-corrected chi connectivity index (χ4v) is 3.12. The Labute approximate surface area is 136 Å². The second-order valence-corrected chi connectivity index (χ2v) is 6.59. The number of rotatable bonds is 5. The van der Waals surface area contributed by atoms with Gasteiger partial charge in [-0.15, -0.1) is 10.2 Å². The van der Waals surface area contributed by atoms with E-state index in [1.807, 2.05) is 30.3 Å². The van der Waals surface area contributed by atoms with Crippen molar-refractivity contribution in [2.45, 2.75) is 31.8 Å². The summed E-state index contributed by atoms with van der Waals surface area (Å²) in [6.07, 6.45) is 2.32. The molecule has 2 heterocycles. The summed E-state index contributed by atoms with van der Waals surface area (Å²) in [7, 11) is 0. The van der Waals surface area contributed by atoms with E-state index in [-0.39, 0.29) is 6.03 Å². The summed E-state index contributed by atoms with van der Waals surface area (Å²) in [5.74, 6) is 1.44. The molecule has 8 heteroatoms. The fraction of sp³-hybridized carbons (Fsp3) is 0.333. The maximum absolute atomic E-state index is 11.8. The van der Waals surface area contributed by atoms with E-state index >= 15 is 0 Å². The minimum Gasteiger partial charge on any atom is -0.334 e. The molecule has 0 unspecified atom stereocenters. The van der Waals surface area contributed by atoms with E-state index in [0.29, 0.717) is 19.0 Å². The number of aromatic nitrogens is 4. The van der Waals surface area contributed by atoms with Gasteiger partial charge in [-0.3, -0.25) is 0 Å². The first-order valence-electron chi connectivity index (χ1n) is 7.56. The molecule has 0 radical (unpaired) electrons. The van der Waals surface area contributed by atoms with Gasteiger partial charge in [0.1, 0.15) is 5.01 Å². The fourth-order valence-electron chi connectivity index (χ4n) is 2.34. The first-order valence-corrected chi connectivity index (χ1v) is 8.38. The Balaban J connectivity index is 1.32. The molecule has 1 aliphatic carbocycles. The van der Waals surface area contributed by atoms with Crippen LogP contribution in [0.5, 0.6) is 0 Å². The molecule has 2 aromatic heterocycles. The van der Waals surface area contributed by atoms with E-state index in [1.54, 1.807) is 4.52 Å². The van der Waals surface area contributed by atoms with Crippen molar-refractivity contribution in [1.29, 1.82) is 0 Å². The van der Waals surface area contributed by atoms with Gasteiger partial charge < -0.3 is 10.6 Å². The lowest BCUT2D eigenvalue weighted by atomic mass is 10.2. The number of fused-ring (bicyclic) bond motifs is 1. The van der Waals surface area contributed by atoms with Crippen molar-refractivity contribution >= 4 is 22.3 Å². The number of hydrogen-bond acceptors (Lipinski definition) is 5. The first-order chi connectivity index (χ1) is 11.3. The number of nitrogens with zero attached hydrogens (tertiary/aromatic N) is 4. The third-order valence-electron chi connectivity index (χ3n) is 3.70. The van der Waals surface area contributed by atoms with Crippen LogP contribution in [0.3, 0.4) is 0 Å². The minimum absolute atomic E-state index is 0.206. The molecule has 0 bridgehead atoms. The van der Waals surface area contributed by atoms with E-state index in [9.17, 15) is 4.79 Å². The van der Waals surface area contributed by atoms with E-state index in [2.05, 4.69) is 25.9 Å². The summed E-state index contributed by atoms with van der Waals surface area (Å²) >= 11 is 1.46. The van der Waals surface area contributed by atoms with Gasteiger partial charge in [0.15, 0.2) is 5.82 Å². The normalized spacial score (nSPS) is 14.1. The highest BCUT2D eigenvalue weighted by molar-refractivity contribution is 7.16. The third kappa shape index (κ3) is 3.16. The van der Waals surface area contributed by atoms with Crippen LogP contribution >= 0.6 is 11.3 Å². The highest BCUT2D eigenvalue weighted by Gasteiger charge is 2.30. The summed E-state index contributed by atoms with van der Waals surface area (Å²) in [6, 6.07) is 9.60. The van der Waals surface area contributed by atoms with Crippen LogP contribution in [0.25, 0.3) is 4.96 Å². The molecule has 0 spiro atoms. The molecule has 0 atom stereocenters. The summed E-state index contributed by atoms with van der Waals surface area (Å²) in [5, 5.41) is 19.3. The van der Waals surface area contributed by atoms with Crippen LogP contribution in [-0.4, -0.2) is 25.8 Å². The smallest absolute Gasteiger partial charge is 0.315 e. The second-order valence-electron chi connectivity index (χ2n) is 5.54. The Kier molecular flexibility index (Phi) is 3.66. The molecule has 0 aliphatic heterocycles. The van der Waals surface area contributed by atoms with Crippen molar-refractivity contribution < 1.29 is 4.79 Å². The largest absolute Gasteiger partial charge is 0.334 e. The van der Waals surface area contributed by atoms with Crippen LogP contribution in [-0.2, 0) is 13.1 Å². The lowest BCUT2D eigenvalue weighted by molar-refractivity contribution is 0.240. The predicted octanol–water partition coefficient (Wildman–Crippen LogP) is 2.06. The molecule has 4 rings (SSSR count). The topological polar surface area (TPSA) is 84.2 Å². The van der Waals surface area contributed by atoms with Crippen LogP contribution < -0.4 is 10.6 Å². The molecule has 1 aromatic carbocycles. The Morgan fingerprint density at radius 2 is 1.96 bits per heavy atom. The summed E-state index contributed by atoms with van der Waals surface area (Å²) in [4.78, 5) is 12.6. The van der Waals surface area contributed by atoms with Crippen molar-refractivity contribution in [2.75, 3.05) is 0 Å². The molecule has 1 aliphatic rings. The number of urea groups is 1. The maximum atomic E-state index is 11.8. The lowest BCUT2D eigenvalue weighted by Crippen LogP contribution is -2.34. The van der Waals surface area contributed by atoms with Crippen molar-refractivity contribution in [2.24, 2.45) is 0 Å². The molecule has 2 N–H and O–H groups in total. The number of hydrogen-bond donors (Lipinski definition) is 2. The monoisotopic (exact) mass is 328 g/mol. The van der Waals surface area contributed by atoms with Gasteiger partial charge in [-0.2, -0.15) is 9.61 Å². The van der Waals surface area contributed by atoms with Gasteiger partial charge >= 0.3 is 6.03 Å². The lowest BCUT2D eigenvalue weighted by Gasteiger charge is -2.06. The van der Waals surface area contributed by atoms with Gasteiger partial charge in [0.2, 0.25) is 4.96 Å². The zero-order valence-electron chi connectivity index (χ0n) is 12.4. The predicted molar refractivity (Wildman–Crippen MR) is 86.2 cm³/mol. The molecule has 2 amide bonds. The van der Waals surface area contributed by atoms with Crippen molar-refractivity contribution in [3.8, 4) is 0 Å². The average Bonchev–Trinajstić information content (AvgIpc) is 3.21. The van der Waals surface area contributed by atoms with Gasteiger partial charge in [-0.1, -0.05) is 41.7 Å². The van der Waals surface area contributed by atoms with Gasteiger partial charge in [-0.25, -0.2) is 4.79 Å². The van der Waals surface area contributed by atoms with Gasteiger partial charge in [-0.05, 0) is 18.4 Å². The first kappa shape index (κ1) is 14.1. The van der Waals surface area contributed by atoms with Crippen molar-refractivity contribution in [3.63, 3.8) is 0 Å². The number of carbonyl (C=O) groups excluding carboxylic acids is 1. The van der Waals surface area contributed by atoms with Gasteiger partial charge in [0.05, 0.1) is 6.54 Å². The molecular weight excluding hydrogens is 312 g/mol. The molecule has 118 valence electrons. The minimum atomic E-state index is -0.206. The summed E-state index contributed by atoms with van der Waals surface area (Å²) in [6.45, 7) is 0.891. The Bertz CT molecular complexity index is 823. The zero-order valence-corrected chi connectivity index (χ0v) is 13.2. The SMILES string of the molecule is O=C(NCc1ccccc1)NCc1nn2c(C3CC3)nnc2s1. The maximum Gasteiger partial charge on any atom is 0.315 e. The Morgan fingerprint density at radius 1 is 1.17 bits per heavy atom. The van der Waals surface area contributed by atoms with E-state index < -0.39 is 0 Å². The summed E-state index contributed by atoms with van der Waals surface area (Å²) < 4.78 is 1.81.